The summed E-state index contributed by atoms with van der Waals surface area (Å²) in [5, 5.41) is 8.59. The van der Waals surface area contributed by atoms with Gasteiger partial charge in [-0.2, -0.15) is 0 Å². The van der Waals surface area contributed by atoms with Gasteiger partial charge in [0.25, 0.3) is 0 Å². The zero-order chi connectivity index (χ0) is 7.28. The summed E-state index contributed by atoms with van der Waals surface area (Å²) >= 11 is 0. The second-order valence-electron chi connectivity index (χ2n) is 1.86. The predicted octanol–water partition coefficient (Wildman–Crippen LogP) is 1.15. The molecular formula is C7H11BO. The second kappa shape index (κ2) is 4.01. The van der Waals surface area contributed by atoms with E-state index in [4.69, 9.17) is 5.11 Å². The molecule has 1 nitrogen and oxygen atoms in total. The maximum atomic E-state index is 8.59. The minimum Gasteiger partial charge on any atom is -0.509 e. The van der Waals surface area contributed by atoms with Crippen LogP contribution in [0.4, 0.5) is 0 Å². The molecule has 0 aliphatic rings. The first-order valence-electron chi connectivity index (χ1n) is 2.85. The van der Waals surface area contributed by atoms with Gasteiger partial charge in [-0.1, -0.05) is 24.2 Å². The molecule has 0 aromatic rings. The number of aliphatic hydroxyl groups is 1. The molecule has 0 saturated carbocycles. The van der Waals surface area contributed by atoms with Crippen LogP contribution in [0.1, 0.15) is 6.92 Å². The lowest BCUT2D eigenvalue weighted by Crippen LogP contribution is -1.73. The van der Waals surface area contributed by atoms with Crippen molar-refractivity contribution in [1.29, 1.82) is 0 Å². The van der Waals surface area contributed by atoms with E-state index in [0.717, 1.165) is 5.47 Å². The summed E-state index contributed by atoms with van der Waals surface area (Å²) < 4.78 is 0. The highest BCUT2D eigenvalue weighted by Crippen LogP contribution is 1.92. The first kappa shape index (κ1) is 8.08. The van der Waals surface area contributed by atoms with E-state index in [9.17, 15) is 0 Å². The Labute approximate surface area is 56.8 Å². The normalized spacial score (nSPS) is 12.3. The standard InChI is InChI=1S/C7H11BO/c1-3-7(8)5-4-6(2)9/h3-5,9H,2,8H2,1H3/b5-4-,7-3+. The summed E-state index contributed by atoms with van der Waals surface area (Å²) in [7, 11) is 1.96. The van der Waals surface area contributed by atoms with Gasteiger partial charge in [0.15, 0.2) is 0 Å². The van der Waals surface area contributed by atoms with Gasteiger partial charge < -0.3 is 5.11 Å². The van der Waals surface area contributed by atoms with Crippen LogP contribution in [-0.2, 0) is 0 Å². The third-order valence-electron chi connectivity index (χ3n) is 0.994. The molecular weight excluding hydrogens is 111 g/mol. The summed E-state index contributed by atoms with van der Waals surface area (Å²) in [5.41, 5.74) is 1.12. The van der Waals surface area contributed by atoms with E-state index >= 15 is 0 Å². The summed E-state index contributed by atoms with van der Waals surface area (Å²) in [4.78, 5) is 0. The molecule has 0 rings (SSSR count). The zero-order valence-corrected chi connectivity index (χ0v) is 5.89. The van der Waals surface area contributed by atoms with Crippen molar-refractivity contribution >= 4 is 7.85 Å². The predicted molar refractivity (Wildman–Crippen MR) is 43.2 cm³/mol. The molecule has 48 valence electrons. The highest BCUT2D eigenvalue weighted by Gasteiger charge is 1.77. The number of aliphatic hydroxyl groups excluding tert-OH is 1. The molecule has 9 heavy (non-hydrogen) atoms. The van der Waals surface area contributed by atoms with Crippen LogP contribution in [0.15, 0.2) is 36.0 Å². The lowest BCUT2D eigenvalue weighted by Gasteiger charge is -1.86. The molecule has 2 heteroatoms. The Hall–Kier alpha value is -0.915. The van der Waals surface area contributed by atoms with Crippen LogP contribution in [0.5, 0.6) is 0 Å². The SMILES string of the molecule is BC(/C=C\C(=C)O)=C/C. The van der Waals surface area contributed by atoms with Crippen molar-refractivity contribution in [3.63, 3.8) is 0 Å². The number of rotatable bonds is 2. The van der Waals surface area contributed by atoms with Crippen LogP contribution in [0.25, 0.3) is 0 Å². The van der Waals surface area contributed by atoms with Crippen molar-refractivity contribution in [2.45, 2.75) is 6.92 Å². The monoisotopic (exact) mass is 122 g/mol. The molecule has 0 unspecified atom stereocenters. The molecule has 0 aromatic carbocycles. The number of allylic oxidation sites excluding steroid dienone is 4. The lowest BCUT2D eigenvalue weighted by molar-refractivity contribution is 0.435. The van der Waals surface area contributed by atoms with Crippen LogP contribution in [0.2, 0.25) is 0 Å². The number of hydrogen-bond acceptors (Lipinski definition) is 1. The first-order chi connectivity index (χ1) is 4.16. The van der Waals surface area contributed by atoms with Crippen molar-refractivity contribution in [1.82, 2.24) is 0 Å². The van der Waals surface area contributed by atoms with Crippen molar-refractivity contribution in [2.24, 2.45) is 0 Å². The maximum absolute atomic E-state index is 8.59. The molecule has 0 radical (unpaired) electrons. The van der Waals surface area contributed by atoms with Crippen LogP contribution in [0, 0.1) is 0 Å². The van der Waals surface area contributed by atoms with Crippen molar-refractivity contribution in [3.05, 3.63) is 36.0 Å². The van der Waals surface area contributed by atoms with Crippen LogP contribution >= 0.6 is 0 Å². The molecule has 0 atom stereocenters. The Kier molecular flexibility index (Phi) is 3.61. The maximum Gasteiger partial charge on any atom is 0.138 e. The lowest BCUT2D eigenvalue weighted by atomic mass is 9.95. The Morgan fingerprint density at radius 3 is 2.44 bits per heavy atom. The average molecular weight is 122 g/mol. The molecule has 0 bridgehead atoms. The minimum atomic E-state index is 0.0937. The van der Waals surface area contributed by atoms with Gasteiger partial charge in [-0.3, -0.25) is 0 Å². The van der Waals surface area contributed by atoms with Crippen LogP contribution in [0.3, 0.4) is 0 Å². The Morgan fingerprint density at radius 2 is 2.11 bits per heavy atom. The van der Waals surface area contributed by atoms with E-state index in [1.54, 1.807) is 6.08 Å². The summed E-state index contributed by atoms with van der Waals surface area (Å²) in [6, 6.07) is 0. The molecule has 1 N–H and O–H groups in total. The molecule has 0 aliphatic carbocycles. The topological polar surface area (TPSA) is 20.2 Å². The van der Waals surface area contributed by atoms with Crippen molar-refractivity contribution < 1.29 is 5.11 Å². The van der Waals surface area contributed by atoms with Gasteiger partial charge in [-0.25, -0.2) is 0 Å². The van der Waals surface area contributed by atoms with Crippen molar-refractivity contribution in [2.75, 3.05) is 0 Å². The molecule has 0 amide bonds. The van der Waals surface area contributed by atoms with Gasteiger partial charge in [-0.05, 0) is 13.0 Å². The fourth-order valence-electron chi connectivity index (χ4n) is 0.324. The smallest absolute Gasteiger partial charge is 0.138 e. The fourth-order valence-corrected chi connectivity index (χ4v) is 0.324. The largest absolute Gasteiger partial charge is 0.509 e. The zero-order valence-electron chi connectivity index (χ0n) is 5.89. The molecule has 0 fully saturated rings. The molecule has 0 heterocycles. The molecule has 0 aromatic heterocycles. The fraction of sp³-hybridized carbons (Fsp3) is 0.143. The minimum absolute atomic E-state index is 0.0937. The first-order valence-corrected chi connectivity index (χ1v) is 2.85. The van der Waals surface area contributed by atoms with Gasteiger partial charge in [0.1, 0.15) is 13.6 Å². The highest BCUT2D eigenvalue weighted by atomic mass is 16.3. The molecule has 0 spiro atoms. The summed E-state index contributed by atoms with van der Waals surface area (Å²) in [5.74, 6) is 0.0937. The van der Waals surface area contributed by atoms with E-state index in [-0.39, 0.29) is 5.76 Å². The second-order valence-corrected chi connectivity index (χ2v) is 1.86. The molecule has 0 aliphatic heterocycles. The van der Waals surface area contributed by atoms with Crippen LogP contribution < -0.4 is 0 Å². The van der Waals surface area contributed by atoms with Crippen LogP contribution in [-0.4, -0.2) is 13.0 Å². The van der Waals surface area contributed by atoms with E-state index in [1.807, 2.05) is 26.9 Å². The van der Waals surface area contributed by atoms with E-state index < -0.39 is 0 Å². The van der Waals surface area contributed by atoms with E-state index in [2.05, 4.69) is 6.58 Å². The van der Waals surface area contributed by atoms with Gasteiger partial charge in [0.05, 0.1) is 0 Å². The van der Waals surface area contributed by atoms with E-state index in [1.165, 1.54) is 0 Å². The Bertz CT molecular complexity index is 156. The quantitative estimate of drug-likeness (QED) is 0.331. The third-order valence-corrected chi connectivity index (χ3v) is 0.994. The van der Waals surface area contributed by atoms with E-state index in [0.29, 0.717) is 0 Å². The molecule has 0 saturated heterocycles. The van der Waals surface area contributed by atoms with Gasteiger partial charge >= 0.3 is 0 Å². The highest BCUT2D eigenvalue weighted by molar-refractivity contribution is 6.23. The van der Waals surface area contributed by atoms with Crippen molar-refractivity contribution in [3.8, 4) is 0 Å². The van der Waals surface area contributed by atoms with Gasteiger partial charge in [-0.15, -0.1) is 0 Å². The summed E-state index contributed by atoms with van der Waals surface area (Å²) in [6.07, 6.45) is 5.33. The number of hydrogen-bond donors (Lipinski definition) is 1. The average Bonchev–Trinajstić information content (AvgIpc) is 1.83. The van der Waals surface area contributed by atoms with Gasteiger partial charge in [0, 0.05) is 0 Å². The Morgan fingerprint density at radius 1 is 1.56 bits per heavy atom. The Balaban J connectivity index is 3.86. The summed E-state index contributed by atoms with van der Waals surface area (Å²) in [6.45, 7) is 5.25. The third kappa shape index (κ3) is 4.95. The van der Waals surface area contributed by atoms with Gasteiger partial charge in [0.2, 0.25) is 0 Å².